The summed E-state index contributed by atoms with van der Waals surface area (Å²) >= 11 is 3.74. The van der Waals surface area contributed by atoms with Crippen molar-refractivity contribution in [2.75, 3.05) is 0 Å². The second-order valence-corrected chi connectivity index (χ2v) is 13.8. The first-order chi connectivity index (χ1) is 22.3. The Morgan fingerprint density at radius 2 is 1.40 bits per heavy atom. The van der Waals surface area contributed by atoms with E-state index in [1.807, 2.05) is 22.7 Å². The van der Waals surface area contributed by atoms with E-state index in [1.165, 1.54) is 51.5 Å². The molecule has 10 rings (SSSR count). The van der Waals surface area contributed by atoms with Gasteiger partial charge in [0.2, 0.25) is 0 Å². The number of allylic oxidation sites excluding steroid dienone is 4. The third kappa shape index (κ3) is 3.81. The fourth-order valence-electron chi connectivity index (χ4n) is 7.04. The molecule has 1 atom stereocenters. The Labute approximate surface area is 266 Å². The summed E-state index contributed by atoms with van der Waals surface area (Å²) in [7, 11) is 0. The van der Waals surface area contributed by atoms with Gasteiger partial charge in [0.05, 0.1) is 0 Å². The molecule has 3 nitrogen and oxygen atoms in total. The van der Waals surface area contributed by atoms with Gasteiger partial charge in [0.25, 0.3) is 0 Å². The van der Waals surface area contributed by atoms with E-state index in [9.17, 15) is 0 Å². The minimum atomic E-state index is 0.254. The molecule has 0 spiro atoms. The fraction of sp³-hybridized carbons (Fsp3) is 0.0500. The first-order valence-corrected chi connectivity index (χ1v) is 16.8. The van der Waals surface area contributed by atoms with Crippen LogP contribution in [0, 0.1) is 0 Å². The van der Waals surface area contributed by atoms with Crippen LogP contribution in [0.15, 0.2) is 132 Å². The second-order valence-electron chi connectivity index (χ2n) is 11.7. The molecule has 0 bridgehead atoms. The molecule has 9 aromatic rings. The van der Waals surface area contributed by atoms with E-state index in [4.69, 9.17) is 14.4 Å². The minimum absolute atomic E-state index is 0.254. The van der Waals surface area contributed by atoms with Gasteiger partial charge in [0.1, 0.15) is 23.1 Å². The predicted molar refractivity (Wildman–Crippen MR) is 191 cm³/mol. The lowest BCUT2D eigenvalue weighted by Gasteiger charge is -2.18. The van der Waals surface area contributed by atoms with Gasteiger partial charge in [0, 0.05) is 57.2 Å². The number of aromatic nitrogens is 2. The lowest BCUT2D eigenvalue weighted by atomic mass is 9.88. The molecule has 5 aromatic carbocycles. The third-order valence-corrected chi connectivity index (χ3v) is 11.6. The number of nitrogens with zero attached hydrogens (tertiary/aromatic N) is 2. The van der Waals surface area contributed by atoms with Gasteiger partial charge in [-0.15, -0.1) is 22.7 Å². The molecule has 0 saturated carbocycles. The lowest BCUT2D eigenvalue weighted by Crippen LogP contribution is -2.01. The van der Waals surface area contributed by atoms with Gasteiger partial charge in [-0.25, -0.2) is 9.97 Å². The Kier molecular flexibility index (Phi) is 5.44. The van der Waals surface area contributed by atoms with Crippen molar-refractivity contribution in [2.24, 2.45) is 0 Å². The van der Waals surface area contributed by atoms with Crippen LogP contribution in [0.25, 0.3) is 79.1 Å². The Morgan fingerprint density at radius 1 is 0.667 bits per heavy atom. The van der Waals surface area contributed by atoms with Crippen LogP contribution in [0.5, 0.6) is 0 Å². The highest BCUT2D eigenvalue weighted by atomic mass is 32.1. The Morgan fingerprint density at radius 3 is 2.24 bits per heavy atom. The number of hydrogen-bond acceptors (Lipinski definition) is 5. The summed E-state index contributed by atoms with van der Waals surface area (Å²) in [5, 5.41) is 6.28. The molecule has 0 radical (unpaired) electrons. The molecule has 5 heteroatoms. The summed E-state index contributed by atoms with van der Waals surface area (Å²) in [4.78, 5) is 9.52. The van der Waals surface area contributed by atoms with E-state index in [0.717, 1.165) is 45.3 Å². The fourth-order valence-corrected chi connectivity index (χ4v) is 9.56. The van der Waals surface area contributed by atoms with Crippen LogP contribution in [0.2, 0.25) is 0 Å². The highest BCUT2D eigenvalue weighted by molar-refractivity contribution is 7.26. The van der Waals surface area contributed by atoms with Crippen molar-refractivity contribution >= 4 is 90.7 Å². The van der Waals surface area contributed by atoms with Crippen LogP contribution >= 0.6 is 22.7 Å². The number of fused-ring (bicyclic) bond motifs is 9. The number of benzene rings is 5. The van der Waals surface area contributed by atoms with Gasteiger partial charge in [-0.1, -0.05) is 97.1 Å². The van der Waals surface area contributed by atoms with Gasteiger partial charge < -0.3 is 4.42 Å². The molecule has 1 unspecified atom stereocenters. The number of furan rings is 1. The molecule has 4 heterocycles. The summed E-state index contributed by atoms with van der Waals surface area (Å²) < 4.78 is 11.8. The summed E-state index contributed by atoms with van der Waals surface area (Å²) in [5.41, 5.74) is 8.09. The maximum absolute atomic E-state index is 6.52. The van der Waals surface area contributed by atoms with Crippen molar-refractivity contribution in [3.63, 3.8) is 0 Å². The van der Waals surface area contributed by atoms with Gasteiger partial charge in [0.15, 0.2) is 5.58 Å². The van der Waals surface area contributed by atoms with Gasteiger partial charge in [-0.05, 0) is 47.4 Å². The SMILES string of the molecule is C1=CC(c2ncnc3c2oc2ccc(-c4cccc5c4sc4ccccc45)cc23)=CC(c2cccc3c2sc2ccccc23)C1. The number of rotatable bonds is 3. The zero-order chi connectivity index (χ0) is 29.5. The lowest BCUT2D eigenvalue weighted by molar-refractivity contribution is 0.664. The van der Waals surface area contributed by atoms with Crippen molar-refractivity contribution in [2.45, 2.75) is 12.3 Å². The molecule has 1 aliphatic rings. The van der Waals surface area contributed by atoms with E-state index in [1.54, 1.807) is 6.33 Å². The average Bonchev–Trinajstić information content (AvgIpc) is 3.79. The molecular formula is C40H24N2OS2. The topological polar surface area (TPSA) is 38.9 Å². The molecule has 0 fully saturated rings. The zero-order valence-corrected chi connectivity index (χ0v) is 25.7. The van der Waals surface area contributed by atoms with Crippen molar-refractivity contribution < 1.29 is 4.42 Å². The highest BCUT2D eigenvalue weighted by Gasteiger charge is 2.22. The molecule has 45 heavy (non-hydrogen) atoms. The normalized spacial score (nSPS) is 15.3. The van der Waals surface area contributed by atoms with Crippen LogP contribution in [0.3, 0.4) is 0 Å². The molecule has 1 aliphatic carbocycles. The Bertz CT molecular complexity index is 2710. The first kappa shape index (κ1) is 25.2. The molecule has 0 amide bonds. The van der Waals surface area contributed by atoms with E-state index in [2.05, 4.69) is 121 Å². The maximum atomic E-state index is 6.52. The van der Waals surface area contributed by atoms with Crippen LogP contribution in [0.1, 0.15) is 23.6 Å². The average molecular weight is 613 g/mol. The minimum Gasteiger partial charge on any atom is -0.452 e. The summed E-state index contributed by atoms with van der Waals surface area (Å²) in [6.07, 6.45) is 9.45. The maximum Gasteiger partial charge on any atom is 0.180 e. The van der Waals surface area contributed by atoms with Crippen molar-refractivity contribution in [3.8, 4) is 11.1 Å². The number of hydrogen-bond donors (Lipinski definition) is 0. The summed E-state index contributed by atoms with van der Waals surface area (Å²) in [6.45, 7) is 0. The van der Waals surface area contributed by atoms with E-state index in [-0.39, 0.29) is 5.92 Å². The van der Waals surface area contributed by atoms with Gasteiger partial charge in [-0.2, -0.15) is 0 Å². The van der Waals surface area contributed by atoms with Crippen LogP contribution in [0.4, 0.5) is 0 Å². The summed E-state index contributed by atoms with van der Waals surface area (Å²) in [6, 6.07) is 37.2. The largest absolute Gasteiger partial charge is 0.452 e. The molecule has 4 aromatic heterocycles. The highest BCUT2D eigenvalue weighted by Crippen LogP contribution is 2.44. The molecule has 0 N–H and O–H groups in total. The van der Waals surface area contributed by atoms with Crippen molar-refractivity contribution in [1.82, 2.24) is 9.97 Å². The quantitative estimate of drug-likeness (QED) is 0.199. The smallest absolute Gasteiger partial charge is 0.180 e. The van der Waals surface area contributed by atoms with E-state index in [0.29, 0.717) is 0 Å². The monoisotopic (exact) mass is 612 g/mol. The molecule has 212 valence electrons. The van der Waals surface area contributed by atoms with Crippen LogP contribution < -0.4 is 0 Å². The third-order valence-electron chi connectivity index (χ3n) is 9.14. The predicted octanol–water partition coefficient (Wildman–Crippen LogP) is 11.9. The standard InChI is InChI=1S/C40H24N2OS2/c1-3-16-34-28(10-1)30-14-6-12-26(39(30)44-34)23-8-5-9-25(20-23)36-38-37(42-22-41-36)32-21-24(18-19-33(32)43-38)27-13-7-15-31-29-11-2-4-17-35(29)45-40(27)31/h1-7,9-23H,8H2. The van der Waals surface area contributed by atoms with Crippen molar-refractivity contribution in [3.05, 3.63) is 139 Å². The van der Waals surface area contributed by atoms with Gasteiger partial charge in [-0.3, -0.25) is 0 Å². The Hall–Kier alpha value is -5.10. The van der Waals surface area contributed by atoms with E-state index >= 15 is 0 Å². The van der Waals surface area contributed by atoms with Crippen molar-refractivity contribution in [1.29, 1.82) is 0 Å². The van der Waals surface area contributed by atoms with Gasteiger partial charge >= 0.3 is 0 Å². The summed E-state index contributed by atoms with van der Waals surface area (Å²) in [5.74, 6) is 0.254. The van der Waals surface area contributed by atoms with E-state index < -0.39 is 0 Å². The van der Waals surface area contributed by atoms with Crippen LogP contribution in [-0.4, -0.2) is 9.97 Å². The zero-order valence-electron chi connectivity index (χ0n) is 24.0. The number of thiophene rings is 2. The Balaban J connectivity index is 1.10. The molecule has 0 saturated heterocycles. The second kappa shape index (κ2) is 9.70. The van der Waals surface area contributed by atoms with Crippen LogP contribution in [-0.2, 0) is 0 Å². The first-order valence-electron chi connectivity index (χ1n) is 15.2. The molecular weight excluding hydrogens is 589 g/mol. The molecule has 0 aliphatic heterocycles.